The van der Waals surface area contributed by atoms with Gasteiger partial charge in [-0.15, -0.1) is 0 Å². The minimum Gasteiger partial charge on any atom is -0.255 e. The predicted molar refractivity (Wildman–Crippen MR) is 139 cm³/mol. The van der Waals surface area contributed by atoms with E-state index >= 15 is 0 Å². The first-order valence-corrected chi connectivity index (χ1v) is 11.8. The van der Waals surface area contributed by atoms with Crippen molar-refractivity contribution in [2.75, 3.05) is 0 Å². The summed E-state index contributed by atoms with van der Waals surface area (Å²) in [5.74, 6) is -1.88. The number of hydrogen-bond acceptors (Lipinski definition) is 3. The Kier molecular flexibility index (Phi) is 6.22. The number of aromatic nitrogens is 3. The van der Waals surface area contributed by atoms with Crippen LogP contribution in [0, 0.1) is 25.7 Å². The molecule has 0 aliphatic rings. The maximum absolute atomic E-state index is 13.4. The van der Waals surface area contributed by atoms with Gasteiger partial charge in [0.25, 0.3) is 0 Å². The van der Waals surface area contributed by atoms with Crippen molar-refractivity contribution in [3.05, 3.63) is 113 Å². The van der Waals surface area contributed by atoms with E-state index in [0.717, 1.165) is 32.4 Å². The van der Waals surface area contributed by atoms with E-state index in [0.29, 0.717) is 11.6 Å². The van der Waals surface area contributed by atoms with Gasteiger partial charge in [-0.25, -0.2) is 0 Å². The highest BCUT2D eigenvalue weighted by molar-refractivity contribution is 9.10. The highest BCUT2D eigenvalue weighted by atomic mass is 79.9. The molecule has 0 unspecified atom stereocenters. The van der Waals surface area contributed by atoms with Crippen LogP contribution in [-0.2, 0) is 0 Å². The van der Waals surface area contributed by atoms with Crippen LogP contribution in [0.3, 0.4) is 0 Å². The number of aryl methyl sites for hydroxylation is 2. The normalized spacial score (nSPS) is 11.0. The number of benzene rings is 3. The summed E-state index contributed by atoms with van der Waals surface area (Å²) in [6.45, 7) is 4.22. The first kappa shape index (κ1) is 23.0. The molecule has 0 aliphatic heterocycles. The fourth-order valence-electron chi connectivity index (χ4n) is 4.21. The molecule has 0 spiro atoms. The monoisotopic (exact) mass is 527 g/mol. The van der Waals surface area contributed by atoms with E-state index in [9.17, 15) is 8.78 Å². The number of nitrogens with zero attached hydrogens (tertiary/aromatic N) is 3. The first-order valence-electron chi connectivity index (χ1n) is 11.0. The van der Waals surface area contributed by atoms with Gasteiger partial charge in [0.1, 0.15) is 0 Å². The molecule has 0 amide bonds. The van der Waals surface area contributed by atoms with Crippen molar-refractivity contribution in [3.63, 3.8) is 0 Å². The van der Waals surface area contributed by atoms with Crippen molar-refractivity contribution in [2.45, 2.75) is 13.8 Å². The molecule has 0 saturated heterocycles. The third-order valence-electron chi connectivity index (χ3n) is 5.70. The maximum atomic E-state index is 13.4. The number of hydrogen-bond donors (Lipinski definition) is 0. The lowest BCUT2D eigenvalue weighted by Gasteiger charge is -2.14. The lowest BCUT2D eigenvalue weighted by atomic mass is 9.92. The maximum Gasteiger partial charge on any atom is 0.219 e. The molecule has 5 rings (SSSR count). The van der Waals surface area contributed by atoms with Crippen LogP contribution in [-0.4, -0.2) is 15.0 Å². The minimum absolute atomic E-state index is 0.0407. The summed E-state index contributed by atoms with van der Waals surface area (Å²) in [6, 6.07) is 25.2. The molecule has 6 heteroatoms. The second kappa shape index (κ2) is 9.47. The average Bonchev–Trinajstić information content (AvgIpc) is 2.83. The molecule has 35 heavy (non-hydrogen) atoms. The molecule has 2 aromatic heterocycles. The molecule has 0 saturated carbocycles. The molecule has 3 nitrogen and oxygen atoms in total. The predicted octanol–water partition coefficient (Wildman–Crippen LogP) is 8.20. The van der Waals surface area contributed by atoms with E-state index in [4.69, 9.17) is 0 Å². The second-order valence-corrected chi connectivity index (χ2v) is 9.24. The summed E-state index contributed by atoms with van der Waals surface area (Å²) < 4.78 is 27.8. The van der Waals surface area contributed by atoms with Gasteiger partial charge < -0.3 is 0 Å². The molecular formula is C29H20BrF2N3. The fraction of sp³-hybridized carbons (Fsp3) is 0.0690. The standard InChI is InChI=1S/C29H20BrF2N3/c1-17-11-18(2)13-21(12-17)22-5-3-4-6-23(22)24-9-7-19(14-25(24)30)26-10-8-20(16-33-26)29-34-27(31)15-28(32)35-29/h3-16H,1-2H3. The molecule has 2 heterocycles. The molecule has 0 atom stereocenters. The van der Waals surface area contributed by atoms with Crippen LogP contribution in [0.25, 0.3) is 44.9 Å². The number of halogens is 3. The second-order valence-electron chi connectivity index (χ2n) is 8.39. The topological polar surface area (TPSA) is 38.7 Å². The zero-order valence-corrected chi connectivity index (χ0v) is 20.6. The van der Waals surface area contributed by atoms with Crippen molar-refractivity contribution >= 4 is 15.9 Å². The van der Waals surface area contributed by atoms with Gasteiger partial charge in [0, 0.05) is 27.9 Å². The molecular weight excluding hydrogens is 508 g/mol. The SMILES string of the molecule is Cc1cc(C)cc(-c2ccccc2-c2ccc(-c3ccc(-c4nc(F)cc(F)n4)cn3)cc2Br)c1. The molecule has 3 aromatic carbocycles. The Balaban J connectivity index is 1.49. The molecule has 0 fully saturated rings. The molecule has 0 bridgehead atoms. The number of pyridine rings is 1. The van der Waals surface area contributed by atoms with Crippen LogP contribution in [0.1, 0.15) is 11.1 Å². The van der Waals surface area contributed by atoms with Crippen molar-refractivity contribution in [2.24, 2.45) is 0 Å². The van der Waals surface area contributed by atoms with Crippen LogP contribution in [0.15, 0.2) is 89.5 Å². The van der Waals surface area contributed by atoms with Crippen LogP contribution >= 0.6 is 15.9 Å². The Morgan fingerprint density at radius 1 is 0.629 bits per heavy atom. The van der Waals surface area contributed by atoms with Gasteiger partial charge in [0.05, 0.1) is 5.69 Å². The van der Waals surface area contributed by atoms with Gasteiger partial charge in [0.15, 0.2) is 5.82 Å². The summed E-state index contributed by atoms with van der Waals surface area (Å²) in [4.78, 5) is 11.8. The molecule has 0 radical (unpaired) electrons. The minimum atomic E-state index is -0.919. The zero-order valence-electron chi connectivity index (χ0n) is 19.1. The van der Waals surface area contributed by atoms with Crippen LogP contribution < -0.4 is 0 Å². The van der Waals surface area contributed by atoms with E-state index in [1.54, 1.807) is 12.1 Å². The van der Waals surface area contributed by atoms with Gasteiger partial charge in [-0.3, -0.25) is 4.98 Å². The van der Waals surface area contributed by atoms with Gasteiger partial charge in [-0.2, -0.15) is 18.7 Å². The third kappa shape index (κ3) is 4.88. The lowest BCUT2D eigenvalue weighted by molar-refractivity contribution is 0.528. The number of rotatable bonds is 4. The summed E-state index contributed by atoms with van der Waals surface area (Å²) in [5.41, 5.74) is 9.07. The Hall–Kier alpha value is -3.77. The average molecular weight is 528 g/mol. The fourth-order valence-corrected chi connectivity index (χ4v) is 4.80. The smallest absolute Gasteiger partial charge is 0.219 e. The van der Waals surface area contributed by atoms with Crippen molar-refractivity contribution in [1.82, 2.24) is 15.0 Å². The van der Waals surface area contributed by atoms with Crippen LogP contribution in [0.2, 0.25) is 0 Å². The van der Waals surface area contributed by atoms with Crippen molar-refractivity contribution < 1.29 is 8.78 Å². The van der Waals surface area contributed by atoms with Crippen molar-refractivity contribution in [1.29, 1.82) is 0 Å². The zero-order chi connectivity index (χ0) is 24.5. The van der Waals surface area contributed by atoms with E-state index in [1.807, 2.05) is 18.2 Å². The van der Waals surface area contributed by atoms with E-state index < -0.39 is 11.9 Å². The Labute approximate surface area is 210 Å². The summed E-state index contributed by atoms with van der Waals surface area (Å²) in [7, 11) is 0. The highest BCUT2D eigenvalue weighted by Crippen LogP contribution is 2.38. The molecule has 0 aliphatic carbocycles. The Morgan fingerprint density at radius 2 is 1.29 bits per heavy atom. The Morgan fingerprint density at radius 3 is 1.91 bits per heavy atom. The molecule has 0 N–H and O–H groups in total. The van der Waals surface area contributed by atoms with Gasteiger partial charge in [0.2, 0.25) is 11.9 Å². The summed E-state index contributed by atoms with van der Waals surface area (Å²) >= 11 is 3.75. The highest BCUT2D eigenvalue weighted by Gasteiger charge is 2.13. The van der Waals surface area contributed by atoms with E-state index in [2.05, 4.69) is 87.2 Å². The van der Waals surface area contributed by atoms with E-state index in [-0.39, 0.29) is 5.82 Å². The first-order chi connectivity index (χ1) is 16.9. The summed E-state index contributed by atoms with van der Waals surface area (Å²) in [5, 5.41) is 0. The van der Waals surface area contributed by atoms with Gasteiger partial charge in [-0.05, 0) is 54.3 Å². The van der Waals surface area contributed by atoms with Gasteiger partial charge >= 0.3 is 0 Å². The summed E-state index contributed by atoms with van der Waals surface area (Å²) in [6.07, 6.45) is 1.51. The van der Waals surface area contributed by atoms with E-state index in [1.165, 1.54) is 22.9 Å². The third-order valence-corrected chi connectivity index (χ3v) is 6.36. The van der Waals surface area contributed by atoms with Gasteiger partial charge in [-0.1, -0.05) is 81.7 Å². The van der Waals surface area contributed by atoms with Crippen LogP contribution in [0.4, 0.5) is 8.78 Å². The van der Waals surface area contributed by atoms with Crippen LogP contribution in [0.5, 0.6) is 0 Å². The quantitative estimate of drug-likeness (QED) is 0.221. The largest absolute Gasteiger partial charge is 0.255 e. The molecule has 5 aromatic rings. The van der Waals surface area contributed by atoms with Crippen molar-refractivity contribution in [3.8, 4) is 44.9 Å². The molecule has 172 valence electrons. The lowest BCUT2D eigenvalue weighted by Crippen LogP contribution is -1.96. The Bertz CT molecular complexity index is 1510.